The van der Waals surface area contributed by atoms with Gasteiger partial charge in [0.1, 0.15) is 0 Å². The van der Waals surface area contributed by atoms with Crippen molar-refractivity contribution in [1.29, 1.82) is 0 Å². The van der Waals surface area contributed by atoms with Crippen LogP contribution in [0.5, 0.6) is 0 Å². The van der Waals surface area contributed by atoms with Gasteiger partial charge in [0.05, 0.1) is 30.9 Å². The number of ether oxygens (including phenoxy) is 1. The van der Waals surface area contributed by atoms with Crippen molar-refractivity contribution in [2.75, 3.05) is 25.5 Å². The van der Waals surface area contributed by atoms with Gasteiger partial charge in [-0.05, 0) is 11.8 Å². The maximum absolute atomic E-state index is 12.4. The van der Waals surface area contributed by atoms with Crippen LogP contribution in [0.2, 0.25) is 0 Å². The molecule has 0 aromatic carbocycles. The lowest BCUT2D eigenvalue weighted by molar-refractivity contribution is -0.142. The summed E-state index contributed by atoms with van der Waals surface area (Å²) in [7, 11) is -3.47. The number of hydrogen-bond donors (Lipinski definition) is 1. The fraction of sp³-hybridized carbons (Fsp3) is 0.923. The van der Waals surface area contributed by atoms with Crippen LogP contribution in [0.25, 0.3) is 0 Å². The van der Waals surface area contributed by atoms with E-state index in [1.807, 2.05) is 20.8 Å². The standard InChI is InChI=1S/C13H25NO5S/c1-5-14(11-9-19-8-10(11)12(15)16)20(17,18)7-6-13(2,3)4/h10-11H,5-9H2,1-4H3,(H,15,16). The van der Waals surface area contributed by atoms with Crippen LogP contribution in [0.1, 0.15) is 34.1 Å². The largest absolute Gasteiger partial charge is 0.481 e. The second-order valence-corrected chi connectivity index (χ2v) is 8.42. The van der Waals surface area contributed by atoms with Crippen LogP contribution in [0, 0.1) is 11.3 Å². The first kappa shape index (κ1) is 17.4. The van der Waals surface area contributed by atoms with Crippen molar-refractivity contribution in [3.05, 3.63) is 0 Å². The van der Waals surface area contributed by atoms with E-state index in [0.717, 1.165) is 0 Å². The van der Waals surface area contributed by atoms with Gasteiger partial charge < -0.3 is 9.84 Å². The van der Waals surface area contributed by atoms with E-state index in [9.17, 15) is 13.2 Å². The van der Waals surface area contributed by atoms with Crippen LogP contribution < -0.4 is 0 Å². The summed E-state index contributed by atoms with van der Waals surface area (Å²) in [5.74, 6) is -1.75. The number of hydrogen-bond acceptors (Lipinski definition) is 4. The Balaban J connectivity index is 2.86. The van der Waals surface area contributed by atoms with Crippen molar-refractivity contribution < 1.29 is 23.1 Å². The molecule has 2 unspecified atom stereocenters. The molecule has 0 spiro atoms. The van der Waals surface area contributed by atoms with Crippen molar-refractivity contribution in [1.82, 2.24) is 4.31 Å². The molecule has 0 amide bonds. The van der Waals surface area contributed by atoms with E-state index in [1.165, 1.54) is 4.31 Å². The molecule has 1 fully saturated rings. The fourth-order valence-corrected chi connectivity index (χ4v) is 4.37. The van der Waals surface area contributed by atoms with Gasteiger partial charge in [-0.1, -0.05) is 27.7 Å². The summed E-state index contributed by atoms with van der Waals surface area (Å²) in [4.78, 5) is 11.2. The first-order valence-corrected chi connectivity index (χ1v) is 8.49. The highest BCUT2D eigenvalue weighted by molar-refractivity contribution is 7.89. The monoisotopic (exact) mass is 307 g/mol. The molecule has 0 radical (unpaired) electrons. The Labute approximate surface area is 121 Å². The van der Waals surface area contributed by atoms with Crippen LogP contribution in [0.15, 0.2) is 0 Å². The van der Waals surface area contributed by atoms with E-state index in [1.54, 1.807) is 6.92 Å². The molecule has 7 heteroatoms. The minimum atomic E-state index is -3.47. The highest BCUT2D eigenvalue weighted by Gasteiger charge is 2.42. The Morgan fingerprint density at radius 2 is 1.95 bits per heavy atom. The second kappa shape index (κ2) is 6.41. The van der Waals surface area contributed by atoms with Gasteiger partial charge in [0.15, 0.2) is 0 Å². The zero-order chi connectivity index (χ0) is 15.6. The average molecular weight is 307 g/mol. The van der Waals surface area contributed by atoms with Crippen LogP contribution in [0.4, 0.5) is 0 Å². The minimum absolute atomic E-state index is 0.0349. The summed E-state index contributed by atoms with van der Waals surface area (Å²) in [5.41, 5.74) is -0.0785. The van der Waals surface area contributed by atoms with E-state index in [0.29, 0.717) is 6.42 Å². The normalized spacial score (nSPS) is 24.2. The van der Waals surface area contributed by atoms with Gasteiger partial charge in [0.25, 0.3) is 0 Å². The smallest absolute Gasteiger partial charge is 0.310 e. The Hall–Kier alpha value is -0.660. The summed E-state index contributed by atoms with van der Waals surface area (Å²) < 4.78 is 31.3. The van der Waals surface area contributed by atoms with Gasteiger partial charge in [-0.15, -0.1) is 0 Å². The number of aliphatic carboxylic acids is 1. The molecular weight excluding hydrogens is 282 g/mol. The zero-order valence-corrected chi connectivity index (χ0v) is 13.4. The van der Waals surface area contributed by atoms with Crippen molar-refractivity contribution in [2.45, 2.75) is 40.2 Å². The predicted octanol–water partition coefficient (Wildman–Crippen LogP) is 1.17. The molecule has 1 aliphatic rings. The first-order valence-electron chi connectivity index (χ1n) is 6.88. The molecule has 1 rings (SSSR count). The van der Waals surface area contributed by atoms with Crippen LogP contribution in [-0.4, -0.2) is 55.4 Å². The van der Waals surface area contributed by atoms with Crippen molar-refractivity contribution in [3.63, 3.8) is 0 Å². The molecule has 0 aromatic rings. The lowest BCUT2D eigenvalue weighted by Gasteiger charge is -2.29. The molecule has 2 atom stereocenters. The summed E-state index contributed by atoms with van der Waals surface area (Å²) in [6.45, 7) is 8.17. The molecule has 20 heavy (non-hydrogen) atoms. The van der Waals surface area contributed by atoms with E-state index in [2.05, 4.69) is 0 Å². The lowest BCUT2D eigenvalue weighted by atomic mass is 9.94. The Kier molecular flexibility index (Phi) is 5.57. The summed E-state index contributed by atoms with van der Waals surface area (Å²) in [5, 5.41) is 9.15. The van der Waals surface area contributed by atoms with Gasteiger partial charge in [0, 0.05) is 6.54 Å². The van der Waals surface area contributed by atoms with Gasteiger partial charge in [0.2, 0.25) is 10.0 Å². The van der Waals surface area contributed by atoms with E-state index >= 15 is 0 Å². The second-order valence-electron chi connectivity index (χ2n) is 6.38. The van der Waals surface area contributed by atoms with Crippen molar-refractivity contribution in [3.8, 4) is 0 Å². The minimum Gasteiger partial charge on any atom is -0.481 e. The molecule has 0 saturated carbocycles. The molecular formula is C13H25NO5S. The van der Waals surface area contributed by atoms with Gasteiger partial charge >= 0.3 is 5.97 Å². The first-order chi connectivity index (χ1) is 9.08. The quantitative estimate of drug-likeness (QED) is 0.796. The number of sulfonamides is 1. The Morgan fingerprint density at radius 1 is 1.35 bits per heavy atom. The van der Waals surface area contributed by atoms with Gasteiger partial charge in [-0.2, -0.15) is 4.31 Å². The number of carbonyl (C=O) groups is 1. The third-order valence-corrected chi connectivity index (χ3v) is 5.48. The molecule has 0 aromatic heterocycles. The summed E-state index contributed by atoms with van der Waals surface area (Å²) in [6, 6.07) is -0.595. The van der Waals surface area contributed by atoms with Crippen LogP contribution >= 0.6 is 0 Å². The topological polar surface area (TPSA) is 83.9 Å². The number of carboxylic acid groups (broad SMARTS) is 1. The van der Waals surface area contributed by atoms with Gasteiger partial charge in [-0.25, -0.2) is 8.42 Å². The highest BCUT2D eigenvalue weighted by atomic mass is 32.2. The molecule has 1 aliphatic heterocycles. The Morgan fingerprint density at radius 3 is 2.40 bits per heavy atom. The van der Waals surface area contributed by atoms with Crippen molar-refractivity contribution in [2.24, 2.45) is 11.3 Å². The fourth-order valence-electron chi connectivity index (χ4n) is 2.25. The van der Waals surface area contributed by atoms with Gasteiger partial charge in [-0.3, -0.25) is 4.79 Å². The number of carboxylic acids is 1. The SMILES string of the molecule is CCN(C1COCC1C(=O)O)S(=O)(=O)CCC(C)(C)C. The third-order valence-electron chi connectivity index (χ3n) is 3.52. The van der Waals surface area contributed by atoms with Crippen molar-refractivity contribution >= 4 is 16.0 Å². The molecule has 0 bridgehead atoms. The maximum atomic E-state index is 12.4. The molecule has 1 saturated heterocycles. The lowest BCUT2D eigenvalue weighted by Crippen LogP contribution is -2.47. The van der Waals surface area contributed by atoms with E-state index in [-0.39, 0.29) is 30.9 Å². The summed E-state index contributed by atoms with van der Waals surface area (Å²) >= 11 is 0. The van der Waals surface area contributed by atoms with E-state index < -0.39 is 28.0 Å². The molecule has 1 N–H and O–H groups in total. The number of likely N-dealkylation sites (N-methyl/N-ethyl adjacent to an activating group) is 1. The zero-order valence-electron chi connectivity index (χ0n) is 12.6. The Bertz CT molecular complexity index is 440. The van der Waals surface area contributed by atoms with E-state index in [4.69, 9.17) is 9.84 Å². The summed E-state index contributed by atoms with van der Waals surface area (Å²) in [6.07, 6.45) is 0.539. The third kappa shape index (κ3) is 4.43. The molecule has 0 aliphatic carbocycles. The number of rotatable bonds is 6. The average Bonchev–Trinajstić information content (AvgIpc) is 2.75. The predicted molar refractivity (Wildman–Crippen MR) is 76.0 cm³/mol. The molecule has 118 valence electrons. The van der Waals surface area contributed by atoms with Crippen LogP contribution in [0.3, 0.4) is 0 Å². The molecule has 6 nitrogen and oxygen atoms in total. The number of nitrogens with zero attached hydrogens (tertiary/aromatic N) is 1. The molecule has 1 heterocycles. The van der Waals surface area contributed by atoms with Crippen LogP contribution in [-0.2, 0) is 19.6 Å². The highest BCUT2D eigenvalue weighted by Crippen LogP contribution is 2.25. The maximum Gasteiger partial charge on any atom is 0.310 e.